The molecule has 1 aromatic heterocycles. The van der Waals surface area contributed by atoms with Gasteiger partial charge in [-0.1, -0.05) is 39.0 Å². The SMILES string of the molecule is Cc1ccc(NS(=O)(=O)c2ccc(C(C)(C)C)cc2)c2c1C(=O)N(c1cccnc1)C2=O. The lowest BCUT2D eigenvalue weighted by Gasteiger charge is -2.19. The number of nitrogens with zero attached hydrogens (tertiary/aromatic N) is 2. The first-order valence-electron chi connectivity index (χ1n) is 10.1. The molecule has 0 radical (unpaired) electrons. The van der Waals surface area contributed by atoms with Gasteiger partial charge in [0.2, 0.25) is 0 Å². The molecule has 0 fully saturated rings. The van der Waals surface area contributed by atoms with Gasteiger partial charge in [0.15, 0.2) is 0 Å². The maximum absolute atomic E-state index is 13.2. The van der Waals surface area contributed by atoms with Gasteiger partial charge in [0.1, 0.15) is 0 Å². The Labute approximate surface area is 187 Å². The number of aryl methyl sites for hydroxylation is 1. The standard InChI is InChI=1S/C24H23N3O4S/c1-15-7-12-19(26-32(30,31)18-10-8-16(9-11-18)24(2,3)4)21-20(15)22(28)27(23(21)29)17-6-5-13-25-14-17/h5-14,26H,1-4H3. The highest BCUT2D eigenvalue weighted by molar-refractivity contribution is 7.92. The number of nitrogens with one attached hydrogen (secondary N) is 1. The molecule has 0 saturated heterocycles. The maximum atomic E-state index is 13.2. The number of sulfonamides is 1. The fourth-order valence-electron chi connectivity index (χ4n) is 3.66. The molecule has 3 aromatic rings. The number of fused-ring (bicyclic) bond motifs is 1. The van der Waals surface area contributed by atoms with Crippen molar-refractivity contribution in [2.24, 2.45) is 0 Å². The van der Waals surface area contributed by atoms with E-state index in [-0.39, 0.29) is 27.1 Å². The van der Waals surface area contributed by atoms with Gasteiger partial charge in [-0.15, -0.1) is 0 Å². The number of hydrogen-bond donors (Lipinski definition) is 1. The molecular formula is C24H23N3O4S. The zero-order chi connectivity index (χ0) is 23.3. The molecule has 0 spiro atoms. The van der Waals surface area contributed by atoms with Crippen molar-refractivity contribution in [1.82, 2.24) is 4.98 Å². The van der Waals surface area contributed by atoms with Gasteiger partial charge in [-0.2, -0.15) is 0 Å². The summed E-state index contributed by atoms with van der Waals surface area (Å²) >= 11 is 0. The predicted molar refractivity (Wildman–Crippen MR) is 123 cm³/mol. The molecule has 0 atom stereocenters. The minimum atomic E-state index is -3.98. The van der Waals surface area contributed by atoms with Gasteiger partial charge in [0.05, 0.1) is 33.6 Å². The minimum absolute atomic E-state index is 0.0359. The third kappa shape index (κ3) is 3.67. The second-order valence-corrected chi connectivity index (χ2v) is 10.4. The first-order chi connectivity index (χ1) is 15.0. The van der Waals surface area contributed by atoms with Crippen molar-refractivity contribution in [2.75, 3.05) is 9.62 Å². The molecule has 164 valence electrons. The molecule has 7 nitrogen and oxygen atoms in total. The smallest absolute Gasteiger partial charge is 0.268 e. The van der Waals surface area contributed by atoms with Gasteiger partial charge in [0.25, 0.3) is 21.8 Å². The molecule has 0 bridgehead atoms. The minimum Gasteiger partial charge on any atom is -0.279 e. The molecule has 2 heterocycles. The summed E-state index contributed by atoms with van der Waals surface area (Å²) in [6.07, 6.45) is 2.95. The lowest BCUT2D eigenvalue weighted by atomic mass is 9.87. The fraction of sp³-hybridized carbons (Fsp3) is 0.208. The van der Waals surface area contributed by atoms with E-state index in [0.29, 0.717) is 11.3 Å². The Balaban J connectivity index is 1.74. The van der Waals surface area contributed by atoms with E-state index in [2.05, 4.69) is 9.71 Å². The van der Waals surface area contributed by atoms with E-state index in [9.17, 15) is 18.0 Å². The van der Waals surface area contributed by atoms with Crippen molar-refractivity contribution in [2.45, 2.75) is 38.0 Å². The summed E-state index contributed by atoms with van der Waals surface area (Å²) in [4.78, 5) is 31.3. The number of benzene rings is 2. The molecule has 32 heavy (non-hydrogen) atoms. The van der Waals surface area contributed by atoms with E-state index in [0.717, 1.165) is 10.5 Å². The Morgan fingerprint density at radius 2 is 1.56 bits per heavy atom. The summed E-state index contributed by atoms with van der Waals surface area (Å²) in [6, 6.07) is 13.0. The molecule has 1 N–H and O–H groups in total. The summed E-state index contributed by atoms with van der Waals surface area (Å²) in [6.45, 7) is 7.84. The van der Waals surface area contributed by atoms with Crippen molar-refractivity contribution in [1.29, 1.82) is 0 Å². The molecule has 0 saturated carbocycles. The normalized spacial score (nSPS) is 13.9. The van der Waals surface area contributed by atoms with Crippen LogP contribution < -0.4 is 9.62 Å². The van der Waals surface area contributed by atoms with Crippen LogP contribution in [0, 0.1) is 6.92 Å². The Morgan fingerprint density at radius 1 is 0.906 bits per heavy atom. The van der Waals surface area contributed by atoms with E-state index in [1.54, 1.807) is 37.3 Å². The van der Waals surface area contributed by atoms with Crippen LogP contribution in [0.15, 0.2) is 65.8 Å². The zero-order valence-corrected chi connectivity index (χ0v) is 19.0. The molecule has 2 aromatic carbocycles. The van der Waals surface area contributed by atoms with Crippen LogP contribution >= 0.6 is 0 Å². The number of carbonyl (C=O) groups excluding carboxylic acids is 2. The molecule has 1 aliphatic rings. The molecule has 2 amide bonds. The third-order valence-electron chi connectivity index (χ3n) is 5.43. The predicted octanol–water partition coefficient (Wildman–Crippen LogP) is 4.29. The topological polar surface area (TPSA) is 96.4 Å². The lowest BCUT2D eigenvalue weighted by molar-refractivity contribution is 0.0926. The summed E-state index contributed by atoms with van der Waals surface area (Å²) in [7, 11) is -3.98. The van der Waals surface area contributed by atoms with Gasteiger partial charge in [0, 0.05) is 6.20 Å². The van der Waals surface area contributed by atoms with Crippen LogP contribution in [-0.4, -0.2) is 25.2 Å². The highest BCUT2D eigenvalue weighted by Crippen LogP contribution is 2.35. The van der Waals surface area contributed by atoms with Crippen molar-refractivity contribution in [3.8, 4) is 0 Å². The number of pyridine rings is 1. The molecule has 0 unspecified atom stereocenters. The largest absolute Gasteiger partial charge is 0.279 e. The summed E-state index contributed by atoms with van der Waals surface area (Å²) < 4.78 is 28.6. The van der Waals surface area contributed by atoms with E-state index < -0.39 is 21.8 Å². The third-order valence-corrected chi connectivity index (χ3v) is 6.81. The number of rotatable bonds is 4. The lowest BCUT2D eigenvalue weighted by Crippen LogP contribution is -2.29. The van der Waals surface area contributed by atoms with Gasteiger partial charge in [-0.3, -0.25) is 19.3 Å². The first kappa shape index (κ1) is 21.7. The van der Waals surface area contributed by atoms with Crippen LogP contribution in [0.5, 0.6) is 0 Å². The number of carbonyl (C=O) groups is 2. The van der Waals surface area contributed by atoms with E-state index in [1.165, 1.54) is 30.6 Å². The fourth-order valence-corrected chi connectivity index (χ4v) is 4.74. The summed E-state index contributed by atoms with van der Waals surface area (Å²) in [5.41, 5.74) is 2.08. The van der Waals surface area contributed by atoms with Crippen LogP contribution in [0.4, 0.5) is 11.4 Å². The average Bonchev–Trinajstić information content (AvgIpc) is 3.01. The summed E-state index contributed by atoms with van der Waals surface area (Å²) in [5, 5.41) is 0. The molecule has 0 aliphatic carbocycles. The highest BCUT2D eigenvalue weighted by atomic mass is 32.2. The number of aromatic nitrogens is 1. The van der Waals surface area contributed by atoms with E-state index in [4.69, 9.17) is 0 Å². The highest BCUT2D eigenvalue weighted by Gasteiger charge is 2.40. The number of amides is 2. The molecule has 1 aliphatic heterocycles. The van der Waals surface area contributed by atoms with Crippen molar-refractivity contribution < 1.29 is 18.0 Å². The second kappa shape index (κ2) is 7.56. The molecular weight excluding hydrogens is 426 g/mol. The van der Waals surface area contributed by atoms with Crippen LogP contribution in [0.1, 0.15) is 52.6 Å². The zero-order valence-electron chi connectivity index (χ0n) is 18.2. The van der Waals surface area contributed by atoms with Crippen molar-refractivity contribution in [3.05, 3.63) is 83.2 Å². The van der Waals surface area contributed by atoms with E-state index in [1.807, 2.05) is 20.8 Å². The van der Waals surface area contributed by atoms with Crippen LogP contribution in [0.25, 0.3) is 0 Å². The molecule has 8 heteroatoms. The van der Waals surface area contributed by atoms with Gasteiger partial charge in [-0.05, 0) is 53.8 Å². The maximum Gasteiger partial charge on any atom is 0.268 e. The molecule has 4 rings (SSSR count). The number of hydrogen-bond acceptors (Lipinski definition) is 5. The summed E-state index contributed by atoms with van der Waals surface area (Å²) in [5.74, 6) is -1.10. The average molecular weight is 450 g/mol. The van der Waals surface area contributed by atoms with Crippen molar-refractivity contribution >= 4 is 33.2 Å². The van der Waals surface area contributed by atoms with Crippen LogP contribution in [0.3, 0.4) is 0 Å². The quantitative estimate of drug-likeness (QED) is 0.600. The Morgan fingerprint density at radius 3 is 2.16 bits per heavy atom. The Bertz CT molecular complexity index is 1330. The number of anilines is 2. The number of imide groups is 1. The first-order valence-corrected chi connectivity index (χ1v) is 11.5. The van der Waals surface area contributed by atoms with Crippen LogP contribution in [0.2, 0.25) is 0 Å². The van der Waals surface area contributed by atoms with Gasteiger partial charge >= 0.3 is 0 Å². The Kier molecular flexibility index (Phi) is 5.13. The second-order valence-electron chi connectivity index (χ2n) is 8.72. The monoisotopic (exact) mass is 449 g/mol. The Hall–Kier alpha value is -3.52. The van der Waals surface area contributed by atoms with Crippen LogP contribution in [-0.2, 0) is 15.4 Å². The van der Waals surface area contributed by atoms with Gasteiger partial charge in [-0.25, -0.2) is 13.3 Å². The van der Waals surface area contributed by atoms with Crippen molar-refractivity contribution in [3.63, 3.8) is 0 Å². The van der Waals surface area contributed by atoms with Gasteiger partial charge < -0.3 is 0 Å². The van der Waals surface area contributed by atoms with E-state index >= 15 is 0 Å².